The summed E-state index contributed by atoms with van der Waals surface area (Å²) in [6.07, 6.45) is 1.32. The zero-order valence-electron chi connectivity index (χ0n) is 10.3. The van der Waals surface area contributed by atoms with E-state index in [-0.39, 0.29) is 15.9 Å². The number of aromatic nitrogens is 2. The van der Waals surface area contributed by atoms with Crippen LogP contribution in [0.4, 0.5) is 5.69 Å². The Hall–Kier alpha value is -1.73. The number of sulfonamides is 1. The zero-order valence-corrected chi connectivity index (χ0v) is 11.8. The molecule has 2 aromatic rings. The van der Waals surface area contributed by atoms with Crippen LogP contribution >= 0.6 is 11.6 Å². The molecule has 1 aromatic carbocycles. The van der Waals surface area contributed by atoms with E-state index >= 15 is 0 Å². The number of phenols is 1. The Kier molecular flexibility index (Phi) is 3.42. The molecule has 1 heterocycles. The summed E-state index contributed by atoms with van der Waals surface area (Å²) in [5.41, 5.74) is 0.893. The van der Waals surface area contributed by atoms with Gasteiger partial charge in [0.05, 0.1) is 6.33 Å². The lowest BCUT2D eigenvalue weighted by Crippen LogP contribution is -2.14. The number of halogens is 1. The van der Waals surface area contributed by atoms with E-state index in [2.05, 4.69) is 9.71 Å². The monoisotopic (exact) mass is 301 g/mol. The second-order valence-electron chi connectivity index (χ2n) is 4.06. The van der Waals surface area contributed by atoms with Gasteiger partial charge < -0.3 is 9.67 Å². The third kappa shape index (κ3) is 2.66. The van der Waals surface area contributed by atoms with Crippen molar-refractivity contribution in [2.45, 2.75) is 11.9 Å². The lowest BCUT2D eigenvalue weighted by molar-refractivity contribution is 0.471. The maximum atomic E-state index is 12.1. The summed E-state index contributed by atoms with van der Waals surface area (Å²) in [6, 6.07) is 4.38. The van der Waals surface area contributed by atoms with Gasteiger partial charge in [-0.15, -0.1) is 0 Å². The number of hydrogen-bond acceptors (Lipinski definition) is 4. The third-order valence-electron chi connectivity index (χ3n) is 2.54. The second kappa shape index (κ2) is 4.75. The summed E-state index contributed by atoms with van der Waals surface area (Å²) >= 11 is 5.86. The molecule has 0 atom stereocenters. The number of rotatable bonds is 3. The zero-order chi connectivity index (χ0) is 14.2. The highest BCUT2D eigenvalue weighted by molar-refractivity contribution is 7.92. The predicted molar refractivity (Wildman–Crippen MR) is 71.9 cm³/mol. The van der Waals surface area contributed by atoms with Gasteiger partial charge >= 0.3 is 0 Å². The van der Waals surface area contributed by atoms with E-state index in [0.29, 0.717) is 11.3 Å². The SMILES string of the molecule is Cc1cc(NS(=O)(=O)c2ncn(C)c2Cl)ccc1O. The molecular formula is C11H12ClN3O3S. The molecule has 8 heteroatoms. The Morgan fingerprint density at radius 2 is 2.11 bits per heavy atom. The van der Waals surface area contributed by atoms with Crippen molar-refractivity contribution in [2.24, 2.45) is 7.05 Å². The first kappa shape index (κ1) is 13.7. The van der Waals surface area contributed by atoms with Gasteiger partial charge in [0.25, 0.3) is 10.0 Å². The molecule has 2 rings (SSSR count). The first-order chi connectivity index (χ1) is 8.81. The van der Waals surface area contributed by atoms with Gasteiger partial charge in [-0.25, -0.2) is 4.98 Å². The highest BCUT2D eigenvalue weighted by Gasteiger charge is 2.22. The topological polar surface area (TPSA) is 84.2 Å². The normalized spacial score (nSPS) is 11.5. The summed E-state index contributed by atoms with van der Waals surface area (Å²) in [5, 5.41) is 9.19. The van der Waals surface area contributed by atoms with E-state index in [1.54, 1.807) is 14.0 Å². The van der Waals surface area contributed by atoms with Crippen LogP contribution in [0.15, 0.2) is 29.6 Å². The second-order valence-corrected chi connectivity index (χ2v) is 6.01. The van der Waals surface area contributed by atoms with Crippen LogP contribution < -0.4 is 4.72 Å². The maximum absolute atomic E-state index is 12.1. The molecule has 0 aliphatic carbocycles. The summed E-state index contributed by atoms with van der Waals surface area (Å²) in [7, 11) is -2.25. The Morgan fingerprint density at radius 3 is 2.63 bits per heavy atom. The molecular weight excluding hydrogens is 290 g/mol. The van der Waals surface area contributed by atoms with Gasteiger partial charge in [-0.05, 0) is 30.7 Å². The van der Waals surface area contributed by atoms with Crippen LogP contribution in [0.1, 0.15) is 5.56 Å². The Balaban J connectivity index is 2.36. The number of imidazole rings is 1. The fraction of sp³-hybridized carbons (Fsp3) is 0.182. The van der Waals surface area contributed by atoms with Crippen LogP contribution in [0.5, 0.6) is 5.75 Å². The maximum Gasteiger partial charge on any atom is 0.282 e. The number of aromatic hydroxyl groups is 1. The highest BCUT2D eigenvalue weighted by atomic mass is 35.5. The molecule has 0 amide bonds. The van der Waals surface area contributed by atoms with Crippen LogP contribution in [0.3, 0.4) is 0 Å². The van der Waals surface area contributed by atoms with E-state index in [1.807, 2.05) is 0 Å². The first-order valence-electron chi connectivity index (χ1n) is 5.30. The quantitative estimate of drug-likeness (QED) is 0.848. The van der Waals surface area contributed by atoms with Crippen molar-refractivity contribution in [3.63, 3.8) is 0 Å². The van der Waals surface area contributed by atoms with Gasteiger partial charge in [-0.1, -0.05) is 11.6 Å². The number of hydrogen-bond donors (Lipinski definition) is 2. The molecule has 0 saturated carbocycles. The van der Waals surface area contributed by atoms with E-state index in [1.165, 1.54) is 29.1 Å². The average Bonchev–Trinajstić information content (AvgIpc) is 2.65. The average molecular weight is 302 g/mol. The molecule has 0 saturated heterocycles. The summed E-state index contributed by atoms with van der Waals surface area (Å²) in [4.78, 5) is 3.75. The number of benzene rings is 1. The van der Waals surface area contributed by atoms with Crippen molar-refractivity contribution in [1.29, 1.82) is 0 Å². The number of nitrogens with zero attached hydrogens (tertiary/aromatic N) is 2. The molecule has 0 unspecified atom stereocenters. The van der Waals surface area contributed by atoms with Crippen molar-refractivity contribution in [3.8, 4) is 5.75 Å². The van der Waals surface area contributed by atoms with Crippen LogP contribution in [-0.2, 0) is 17.1 Å². The van der Waals surface area contributed by atoms with Gasteiger partial charge in [0, 0.05) is 12.7 Å². The molecule has 0 spiro atoms. The van der Waals surface area contributed by atoms with Gasteiger partial charge in [0.15, 0.2) is 0 Å². The summed E-state index contributed by atoms with van der Waals surface area (Å²) in [5.74, 6) is 0.0961. The third-order valence-corrected chi connectivity index (χ3v) is 4.41. The molecule has 0 radical (unpaired) electrons. The smallest absolute Gasteiger partial charge is 0.282 e. The molecule has 0 bridgehead atoms. The van der Waals surface area contributed by atoms with Gasteiger partial charge in [-0.3, -0.25) is 4.72 Å². The Morgan fingerprint density at radius 1 is 1.42 bits per heavy atom. The van der Waals surface area contributed by atoms with Gasteiger partial charge in [0.1, 0.15) is 10.9 Å². The van der Waals surface area contributed by atoms with Crippen molar-refractivity contribution >= 4 is 27.3 Å². The lowest BCUT2D eigenvalue weighted by Gasteiger charge is -2.08. The fourth-order valence-electron chi connectivity index (χ4n) is 1.50. The van der Waals surface area contributed by atoms with Crippen molar-refractivity contribution in [2.75, 3.05) is 4.72 Å². The molecule has 0 aliphatic rings. The number of anilines is 1. The minimum absolute atomic E-state index is 0.0306. The molecule has 1 aromatic heterocycles. The number of nitrogens with one attached hydrogen (secondary N) is 1. The van der Waals surface area contributed by atoms with E-state index in [0.717, 1.165) is 0 Å². The van der Waals surface area contributed by atoms with Crippen LogP contribution in [0.2, 0.25) is 5.15 Å². The predicted octanol–water partition coefficient (Wildman–Crippen LogP) is 1.89. The van der Waals surface area contributed by atoms with E-state index < -0.39 is 10.0 Å². The number of phenolic OH excluding ortho intramolecular Hbond substituents is 1. The highest BCUT2D eigenvalue weighted by Crippen LogP contribution is 2.24. The van der Waals surface area contributed by atoms with Crippen molar-refractivity contribution in [3.05, 3.63) is 35.2 Å². The largest absolute Gasteiger partial charge is 0.508 e. The standard InChI is InChI=1S/C11H12ClN3O3S/c1-7-5-8(3-4-9(7)16)14-19(17,18)11-10(12)15(2)6-13-11/h3-6,14,16H,1-2H3. The minimum Gasteiger partial charge on any atom is -0.508 e. The van der Waals surface area contributed by atoms with Crippen LogP contribution in [0.25, 0.3) is 0 Å². The van der Waals surface area contributed by atoms with Crippen molar-refractivity contribution < 1.29 is 13.5 Å². The summed E-state index contributed by atoms with van der Waals surface area (Å²) in [6.45, 7) is 1.67. The van der Waals surface area contributed by atoms with Crippen LogP contribution in [0, 0.1) is 6.92 Å². The van der Waals surface area contributed by atoms with Gasteiger partial charge in [0.2, 0.25) is 5.03 Å². The van der Waals surface area contributed by atoms with Crippen LogP contribution in [-0.4, -0.2) is 23.1 Å². The molecule has 0 aliphatic heterocycles. The molecule has 19 heavy (non-hydrogen) atoms. The Labute approximate surface area is 115 Å². The molecule has 6 nitrogen and oxygen atoms in total. The molecule has 0 fully saturated rings. The molecule has 102 valence electrons. The number of aryl methyl sites for hydroxylation is 2. The minimum atomic E-state index is -3.85. The van der Waals surface area contributed by atoms with E-state index in [4.69, 9.17) is 11.6 Å². The van der Waals surface area contributed by atoms with E-state index in [9.17, 15) is 13.5 Å². The van der Waals surface area contributed by atoms with Crippen molar-refractivity contribution in [1.82, 2.24) is 9.55 Å². The fourth-order valence-corrected chi connectivity index (χ4v) is 2.98. The lowest BCUT2D eigenvalue weighted by atomic mass is 10.2. The molecule has 2 N–H and O–H groups in total. The summed E-state index contributed by atoms with van der Waals surface area (Å²) < 4.78 is 28.0. The Bertz CT molecular complexity index is 725. The first-order valence-corrected chi connectivity index (χ1v) is 7.16. The van der Waals surface area contributed by atoms with Gasteiger partial charge in [-0.2, -0.15) is 8.42 Å².